The van der Waals surface area contributed by atoms with Crippen LogP contribution in [0.25, 0.3) is 5.57 Å². The molecule has 2 aliphatic heterocycles. The fraction of sp³-hybridized carbons (Fsp3) is 0.385. The summed E-state index contributed by atoms with van der Waals surface area (Å²) in [5.41, 5.74) is 3.07. The van der Waals surface area contributed by atoms with Gasteiger partial charge in [-0.25, -0.2) is 4.79 Å². The van der Waals surface area contributed by atoms with E-state index in [0.29, 0.717) is 24.3 Å². The topological polar surface area (TPSA) is 65.1 Å². The van der Waals surface area contributed by atoms with Gasteiger partial charge in [0.15, 0.2) is 12.0 Å². The molecule has 2 aromatic rings. The highest BCUT2D eigenvalue weighted by molar-refractivity contribution is 6.09. The summed E-state index contributed by atoms with van der Waals surface area (Å²) < 4.78 is 17.7. The number of benzene rings is 2. The Hall–Kier alpha value is -2.96. The van der Waals surface area contributed by atoms with Gasteiger partial charge < -0.3 is 14.2 Å². The SMILES string of the molecule is CCOC(=O)/C=C1/c2ccccc2N(C(C)=O)C12OC(OCC)CC2c1ccc(C)cc1. The zero-order chi connectivity index (χ0) is 22.9. The molecule has 0 aliphatic carbocycles. The van der Waals surface area contributed by atoms with Crippen molar-refractivity contribution in [3.05, 3.63) is 71.3 Å². The molecule has 0 N–H and O–H groups in total. The minimum absolute atomic E-state index is 0.168. The standard InChI is InChI=1S/C26H29NO5/c1-5-30-24(29)15-22-20-9-7-8-10-23(20)27(18(4)28)26(22)21(16-25(32-26)31-6-2)19-13-11-17(3)12-14-19/h7-15,21,25H,5-6,16H2,1-4H3/b22-15-. The summed E-state index contributed by atoms with van der Waals surface area (Å²) in [6.07, 6.45) is 1.50. The second-order valence-electron chi connectivity index (χ2n) is 8.08. The van der Waals surface area contributed by atoms with Gasteiger partial charge in [0.1, 0.15) is 0 Å². The van der Waals surface area contributed by atoms with E-state index in [2.05, 4.69) is 12.1 Å². The van der Waals surface area contributed by atoms with E-state index in [1.165, 1.54) is 13.0 Å². The van der Waals surface area contributed by atoms with Crippen LogP contribution in [0.3, 0.4) is 0 Å². The van der Waals surface area contributed by atoms with Gasteiger partial charge in [-0.3, -0.25) is 9.69 Å². The van der Waals surface area contributed by atoms with Crippen LogP contribution in [0.1, 0.15) is 49.8 Å². The Labute approximate surface area is 188 Å². The molecule has 4 rings (SSSR count). The maximum atomic E-state index is 13.1. The van der Waals surface area contributed by atoms with E-state index in [9.17, 15) is 9.59 Å². The monoisotopic (exact) mass is 435 g/mol. The molecule has 168 valence electrons. The lowest BCUT2D eigenvalue weighted by Crippen LogP contribution is -2.52. The van der Waals surface area contributed by atoms with E-state index in [1.54, 1.807) is 11.8 Å². The van der Waals surface area contributed by atoms with Crippen molar-refractivity contribution in [2.75, 3.05) is 18.1 Å². The number of rotatable bonds is 5. The number of para-hydroxylation sites is 1. The normalized spacial score (nSPS) is 25.4. The molecule has 1 amide bonds. The van der Waals surface area contributed by atoms with Gasteiger partial charge in [0, 0.05) is 43.1 Å². The second-order valence-corrected chi connectivity index (χ2v) is 8.08. The van der Waals surface area contributed by atoms with E-state index < -0.39 is 18.0 Å². The summed E-state index contributed by atoms with van der Waals surface area (Å²) in [6.45, 7) is 7.98. The number of amides is 1. The Morgan fingerprint density at radius 3 is 2.50 bits per heavy atom. The Bertz CT molecular complexity index is 1040. The first-order valence-corrected chi connectivity index (χ1v) is 11.1. The van der Waals surface area contributed by atoms with Crippen molar-refractivity contribution in [1.29, 1.82) is 0 Å². The third kappa shape index (κ3) is 3.63. The number of hydrogen-bond donors (Lipinski definition) is 0. The van der Waals surface area contributed by atoms with Crippen molar-refractivity contribution >= 4 is 23.1 Å². The molecule has 0 radical (unpaired) electrons. The molecule has 6 heteroatoms. The zero-order valence-electron chi connectivity index (χ0n) is 19.0. The molecule has 6 nitrogen and oxygen atoms in total. The van der Waals surface area contributed by atoms with Gasteiger partial charge in [-0.2, -0.15) is 0 Å². The molecule has 0 bridgehead atoms. The number of ether oxygens (including phenoxy) is 3. The summed E-state index contributed by atoms with van der Waals surface area (Å²) >= 11 is 0. The molecule has 3 atom stereocenters. The van der Waals surface area contributed by atoms with Crippen molar-refractivity contribution in [2.45, 2.75) is 52.0 Å². The summed E-state index contributed by atoms with van der Waals surface area (Å²) in [5, 5.41) is 0. The number of fused-ring (bicyclic) bond motifs is 1. The first-order valence-electron chi connectivity index (χ1n) is 11.1. The van der Waals surface area contributed by atoms with Gasteiger partial charge in [-0.15, -0.1) is 0 Å². The van der Waals surface area contributed by atoms with Crippen molar-refractivity contribution in [3.8, 4) is 0 Å². The van der Waals surface area contributed by atoms with Crippen molar-refractivity contribution in [3.63, 3.8) is 0 Å². The van der Waals surface area contributed by atoms with Crippen LogP contribution in [0.4, 0.5) is 5.69 Å². The second kappa shape index (κ2) is 8.88. The van der Waals surface area contributed by atoms with Crippen LogP contribution in [0, 0.1) is 6.92 Å². The van der Waals surface area contributed by atoms with Gasteiger partial charge in [-0.05, 0) is 32.4 Å². The third-order valence-electron chi connectivity index (χ3n) is 6.06. The Balaban J connectivity index is 1.97. The van der Waals surface area contributed by atoms with Crippen molar-refractivity contribution in [1.82, 2.24) is 0 Å². The highest BCUT2D eigenvalue weighted by Gasteiger charge is 2.61. The van der Waals surface area contributed by atoms with Crippen molar-refractivity contribution < 1.29 is 23.8 Å². The molecule has 0 aromatic heterocycles. The predicted molar refractivity (Wildman–Crippen MR) is 122 cm³/mol. The molecule has 2 aliphatic rings. The molecule has 2 aromatic carbocycles. The van der Waals surface area contributed by atoms with Crippen LogP contribution >= 0.6 is 0 Å². The minimum atomic E-state index is -1.21. The molecular weight excluding hydrogens is 406 g/mol. The Morgan fingerprint density at radius 2 is 1.84 bits per heavy atom. The summed E-state index contributed by atoms with van der Waals surface area (Å²) in [6, 6.07) is 15.8. The van der Waals surface area contributed by atoms with Gasteiger partial charge >= 0.3 is 5.97 Å². The average Bonchev–Trinajstić information content (AvgIpc) is 3.25. The van der Waals surface area contributed by atoms with Crippen LogP contribution < -0.4 is 4.90 Å². The fourth-order valence-corrected chi connectivity index (χ4v) is 4.87. The number of hydrogen-bond acceptors (Lipinski definition) is 5. The van der Waals surface area contributed by atoms with Gasteiger partial charge in [0.25, 0.3) is 0 Å². The number of nitrogens with zero attached hydrogens (tertiary/aromatic N) is 1. The molecule has 1 fully saturated rings. The minimum Gasteiger partial charge on any atom is -0.463 e. The summed E-state index contributed by atoms with van der Waals surface area (Å²) in [7, 11) is 0. The first-order chi connectivity index (χ1) is 15.4. The van der Waals surface area contributed by atoms with E-state index in [-0.39, 0.29) is 18.4 Å². The van der Waals surface area contributed by atoms with Crippen LogP contribution in [0.2, 0.25) is 0 Å². The predicted octanol–water partition coefficient (Wildman–Crippen LogP) is 4.57. The number of anilines is 1. The van der Waals surface area contributed by atoms with E-state index in [4.69, 9.17) is 14.2 Å². The zero-order valence-corrected chi connectivity index (χ0v) is 19.0. The molecule has 3 unspecified atom stereocenters. The highest BCUT2D eigenvalue weighted by Crippen LogP contribution is 2.59. The molecule has 32 heavy (non-hydrogen) atoms. The van der Waals surface area contributed by atoms with E-state index in [0.717, 1.165) is 16.7 Å². The van der Waals surface area contributed by atoms with E-state index >= 15 is 0 Å². The van der Waals surface area contributed by atoms with Crippen LogP contribution in [0.15, 0.2) is 54.6 Å². The first kappa shape index (κ1) is 22.2. The Kier molecular flexibility index (Phi) is 6.17. The maximum absolute atomic E-state index is 13.1. The number of esters is 1. The van der Waals surface area contributed by atoms with Gasteiger partial charge in [0.2, 0.25) is 5.91 Å². The summed E-state index contributed by atoms with van der Waals surface area (Å²) in [4.78, 5) is 27.4. The van der Waals surface area contributed by atoms with Crippen LogP contribution in [-0.4, -0.2) is 37.1 Å². The largest absolute Gasteiger partial charge is 0.463 e. The number of carbonyl (C=O) groups excluding carboxylic acids is 2. The smallest absolute Gasteiger partial charge is 0.331 e. The summed E-state index contributed by atoms with van der Waals surface area (Å²) in [5.74, 6) is -0.871. The van der Waals surface area contributed by atoms with Crippen LogP contribution in [0.5, 0.6) is 0 Å². The Morgan fingerprint density at radius 1 is 1.12 bits per heavy atom. The lowest BCUT2D eigenvalue weighted by Gasteiger charge is -2.39. The molecule has 2 heterocycles. The maximum Gasteiger partial charge on any atom is 0.331 e. The molecule has 1 spiro atoms. The fourth-order valence-electron chi connectivity index (χ4n) is 4.87. The van der Waals surface area contributed by atoms with Crippen LogP contribution in [-0.2, 0) is 23.8 Å². The van der Waals surface area contributed by atoms with Gasteiger partial charge in [0.05, 0.1) is 12.3 Å². The van der Waals surface area contributed by atoms with Gasteiger partial charge in [-0.1, -0.05) is 48.0 Å². The molecule has 0 saturated carbocycles. The van der Waals surface area contributed by atoms with E-state index in [1.807, 2.05) is 50.2 Å². The average molecular weight is 436 g/mol. The number of carbonyl (C=O) groups is 2. The quantitative estimate of drug-likeness (QED) is 0.508. The third-order valence-corrected chi connectivity index (χ3v) is 6.06. The molecular formula is C26H29NO5. The molecule has 1 saturated heterocycles. The highest BCUT2D eigenvalue weighted by atomic mass is 16.7. The van der Waals surface area contributed by atoms with Crippen molar-refractivity contribution in [2.24, 2.45) is 0 Å². The number of aryl methyl sites for hydroxylation is 1. The lowest BCUT2D eigenvalue weighted by molar-refractivity contribution is -0.153. The lowest BCUT2D eigenvalue weighted by atomic mass is 9.81.